The SMILES string of the molecule is CCOc1ncccc1CNC(=NC)NCc1ccc(C)cc1OCCOC. The molecule has 1 heterocycles. The van der Waals surface area contributed by atoms with Gasteiger partial charge in [-0.25, -0.2) is 4.98 Å². The molecule has 0 saturated carbocycles. The Balaban J connectivity index is 1.95. The van der Waals surface area contributed by atoms with Crippen molar-refractivity contribution >= 4 is 5.96 Å². The van der Waals surface area contributed by atoms with Crippen molar-refractivity contribution in [2.75, 3.05) is 34.0 Å². The molecule has 2 aromatic rings. The number of ether oxygens (including phenoxy) is 3. The van der Waals surface area contributed by atoms with Crippen LogP contribution in [0.5, 0.6) is 11.6 Å². The van der Waals surface area contributed by atoms with Gasteiger partial charge in [-0.1, -0.05) is 18.2 Å². The average Bonchev–Trinajstić information content (AvgIpc) is 2.71. The van der Waals surface area contributed by atoms with Crippen LogP contribution in [0.1, 0.15) is 23.6 Å². The van der Waals surface area contributed by atoms with Gasteiger partial charge < -0.3 is 24.8 Å². The largest absolute Gasteiger partial charge is 0.491 e. The molecule has 0 radical (unpaired) electrons. The van der Waals surface area contributed by atoms with Gasteiger partial charge in [0.1, 0.15) is 12.4 Å². The average molecular weight is 386 g/mol. The number of benzene rings is 1. The van der Waals surface area contributed by atoms with Gasteiger partial charge in [-0.15, -0.1) is 0 Å². The zero-order valence-electron chi connectivity index (χ0n) is 17.1. The second-order valence-electron chi connectivity index (χ2n) is 6.13. The Bertz CT molecular complexity index is 765. The molecule has 2 N–H and O–H groups in total. The van der Waals surface area contributed by atoms with E-state index >= 15 is 0 Å². The summed E-state index contributed by atoms with van der Waals surface area (Å²) in [6.45, 7) is 6.79. The van der Waals surface area contributed by atoms with Crippen molar-refractivity contribution in [2.24, 2.45) is 4.99 Å². The minimum Gasteiger partial charge on any atom is -0.491 e. The van der Waals surface area contributed by atoms with Crippen LogP contribution in [0.4, 0.5) is 0 Å². The summed E-state index contributed by atoms with van der Waals surface area (Å²) in [5.74, 6) is 2.18. The van der Waals surface area contributed by atoms with Gasteiger partial charge in [-0.05, 0) is 31.5 Å². The van der Waals surface area contributed by atoms with Crippen molar-refractivity contribution in [1.29, 1.82) is 0 Å². The summed E-state index contributed by atoms with van der Waals surface area (Å²) in [6, 6.07) is 10.0. The Kier molecular flexibility index (Phi) is 9.07. The molecule has 0 unspecified atom stereocenters. The first-order valence-corrected chi connectivity index (χ1v) is 9.40. The second-order valence-corrected chi connectivity index (χ2v) is 6.13. The highest BCUT2D eigenvalue weighted by Crippen LogP contribution is 2.20. The molecule has 0 aliphatic rings. The minimum absolute atomic E-state index is 0.515. The van der Waals surface area contributed by atoms with Crippen LogP contribution in [0, 0.1) is 6.92 Å². The summed E-state index contributed by atoms with van der Waals surface area (Å²) >= 11 is 0. The predicted molar refractivity (Wildman–Crippen MR) is 111 cm³/mol. The number of rotatable bonds is 10. The van der Waals surface area contributed by atoms with Crippen LogP contribution in [0.3, 0.4) is 0 Å². The quantitative estimate of drug-likeness (QED) is 0.371. The first-order chi connectivity index (χ1) is 13.7. The van der Waals surface area contributed by atoms with Crippen molar-refractivity contribution in [3.8, 4) is 11.6 Å². The minimum atomic E-state index is 0.515. The molecule has 0 fully saturated rings. The number of aromatic nitrogens is 1. The van der Waals surface area contributed by atoms with Crippen LogP contribution in [-0.4, -0.2) is 44.9 Å². The molecule has 0 bridgehead atoms. The summed E-state index contributed by atoms with van der Waals surface area (Å²) in [7, 11) is 3.41. The van der Waals surface area contributed by atoms with Gasteiger partial charge in [0.05, 0.1) is 13.2 Å². The zero-order valence-corrected chi connectivity index (χ0v) is 17.1. The maximum atomic E-state index is 5.85. The van der Waals surface area contributed by atoms with E-state index in [2.05, 4.69) is 32.7 Å². The summed E-state index contributed by atoms with van der Waals surface area (Å²) in [5.41, 5.74) is 3.19. The number of guanidine groups is 1. The lowest BCUT2D eigenvalue weighted by molar-refractivity contribution is 0.145. The maximum Gasteiger partial charge on any atom is 0.218 e. The van der Waals surface area contributed by atoms with Crippen LogP contribution in [0.2, 0.25) is 0 Å². The number of hydrogen-bond donors (Lipinski definition) is 2. The highest BCUT2D eigenvalue weighted by Gasteiger charge is 2.08. The van der Waals surface area contributed by atoms with E-state index in [0.717, 1.165) is 22.4 Å². The smallest absolute Gasteiger partial charge is 0.218 e. The van der Waals surface area contributed by atoms with Crippen LogP contribution < -0.4 is 20.1 Å². The number of aryl methyl sites for hydroxylation is 1. The van der Waals surface area contributed by atoms with Gasteiger partial charge in [-0.3, -0.25) is 4.99 Å². The van der Waals surface area contributed by atoms with Gasteiger partial charge in [0.25, 0.3) is 0 Å². The highest BCUT2D eigenvalue weighted by atomic mass is 16.5. The molecular formula is C21H30N4O3. The van der Waals surface area contributed by atoms with Crippen molar-refractivity contribution in [1.82, 2.24) is 15.6 Å². The number of aliphatic imine (C=N–C) groups is 1. The van der Waals surface area contributed by atoms with E-state index in [4.69, 9.17) is 14.2 Å². The summed E-state index contributed by atoms with van der Waals surface area (Å²) in [5, 5.41) is 6.62. The van der Waals surface area contributed by atoms with Crippen molar-refractivity contribution in [2.45, 2.75) is 26.9 Å². The monoisotopic (exact) mass is 386 g/mol. The second kappa shape index (κ2) is 11.8. The van der Waals surface area contributed by atoms with E-state index in [-0.39, 0.29) is 0 Å². The Morgan fingerprint density at radius 1 is 1.07 bits per heavy atom. The van der Waals surface area contributed by atoms with E-state index in [1.165, 1.54) is 0 Å². The van der Waals surface area contributed by atoms with E-state index in [1.54, 1.807) is 20.4 Å². The van der Waals surface area contributed by atoms with Gasteiger partial charge in [0.15, 0.2) is 5.96 Å². The summed E-state index contributed by atoms with van der Waals surface area (Å²) in [6.07, 6.45) is 1.73. The number of hydrogen-bond acceptors (Lipinski definition) is 5. The van der Waals surface area contributed by atoms with Crippen LogP contribution in [-0.2, 0) is 17.8 Å². The highest BCUT2D eigenvalue weighted by molar-refractivity contribution is 5.79. The predicted octanol–water partition coefficient (Wildman–Crippen LogP) is 2.68. The van der Waals surface area contributed by atoms with Crippen LogP contribution >= 0.6 is 0 Å². The summed E-state index contributed by atoms with van der Waals surface area (Å²) < 4.78 is 16.5. The fourth-order valence-corrected chi connectivity index (χ4v) is 2.58. The van der Waals surface area contributed by atoms with Crippen molar-refractivity contribution in [3.05, 3.63) is 53.2 Å². The van der Waals surface area contributed by atoms with Gasteiger partial charge in [0, 0.05) is 44.6 Å². The lowest BCUT2D eigenvalue weighted by Crippen LogP contribution is -2.36. The molecule has 7 heteroatoms. The first kappa shape index (κ1) is 21.5. The lowest BCUT2D eigenvalue weighted by atomic mass is 10.1. The Hall–Kier alpha value is -2.80. The molecule has 0 spiro atoms. The van der Waals surface area contributed by atoms with E-state index in [1.807, 2.05) is 32.0 Å². The van der Waals surface area contributed by atoms with Gasteiger partial charge >= 0.3 is 0 Å². The normalized spacial score (nSPS) is 11.2. The molecule has 1 aromatic carbocycles. The Morgan fingerprint density at radius 3 is 2.57 bits per heavy atom. The van der Waals surface area contributed by atoms with E-state index in [9.17, 15) is 0 Å². The zero-order chi connectivity index (χ0) is 20.2. The number of nitrogens with one attached hydrogen (secondary N) is 2. The fraction of sp³-hybridized carbons (Fsp3) is 0.429. The van der Waals surface area contributed by atoms with Crippen molar-refractivity contribution < 1.29 is 14.2 Å². The molecule has 0 aliphatic heterocycles. The molecule has 0 aliphatic carbocycles. The lowest BCUT2D eigenvalue weighted by Gasteiger charge is -2.16. The van der Waals surface area contributed by atoms with Gasteiger partial charge in [-0.2, -0.15) is 0 Å². The number of nitrogens with zero attached hydrogens (tertiary/aromatic N) is 2. The molecular weight excluding hydrogens is 356 g/mol. The number of pyridine rings is 1. The Morgan fingerprint density at radius 2 is 1.86 bits per heavy atom. The molecule has 0 saturated heterocycles. The standard InChI is InChI=1S/C21H30N4O3/c1-5-27-20-18(7-6-10-23-20)15-25-21(22-3)24-14-17-9-8-16(2)13-19(17)28-12-11-26-4/h6-10,13H,5,11-12,14-15H2,1-4H3,(H2,22,24,25). The van der Waals surface area contributed by atoms with Crippen LogP contribution in [0.25, 0.3) is 0 Å². The Labute approximate surface area is 167 Å². The van der Waals surface area contributed by atoms with Gasteiger partial charge in [0.2, 0.25) is 5.88 Å². The number of methoxy groups -OCH3 is 1. The van der Waals surface area contributed by atoms with E-state index in [0.29, 0.717) is 44.7 Å². The maximum absolute atomic E-state index is 5.85. The molecule has 0 atom stereocenters. The molecule has 0 amide bonds. The first-order valence-electron chi connectivity index (χ1n) is 9.40. The summed E-state index contributed by atoms with van der Waals surface area (Å²) in [4.78, 5) is 8.56. The van der Waals surface area contributed by atoms with Crippen LogP contribution in [0.15, 0.2) is 41.5 Å². The molecule has 7 nitrogen and oxygen atoms in total. The topological polar surface area (TPSA) is 77.0 Å². The van der Waals surface area contributed by atoms with Crippen molar-refractivity contribution in [3.63, 3.8) is 0 Å². The van der Waals surface area contributed by atoms with E-state index < -0.39 is 0 Å². The fourth-order valence-electron chi connectivity index (χ4n) is 2.58. The molecule has 1 aromatic heterocycles. The molecule has 28 heavy (non-hydrogen) atoms. The third-order valence-corrected chi connectivity index (χ3v) is 4.01. The molecule has 152 valence electrons. The third kappa shape index (κ3) is 6.74. The third-order valence-electron chi connectivity index (χ3n) is 4.01. The molecule has 2 rings (SSSR count).